The number of carboxylic acid groups (broad SMARTS) is 1. The molecule has 0 saturated heterocycles. The molecule has 3 N–H and O–H groups in total. The number of hydrogen-bond donors (Lipinski definition) is 3. The SMILES string of the molecule is O=C(O)c1cccc(CNCC2CCCCC2O)c1. The molecular formula is C15H21NO3. The van der Waals surface area contributed by atoms with Crippen LogP contribution in [0.25, 0.3) is 0 Å². The van der Waals surface area contributed by atoms with Crippen molar-refractivity contribution in [1.82, 2.24) is 5.32 Å². The molecule has 2 atom stereocenters. The summed E-state index contributed by atoms with van der Waals surface area (Å²) < 4.78 is 0. The largest absolute Gasteiger partial charge is 0.478 e. The van der Waals surface area contributed by atoms with E-state index >= 15 is 0 Å². The highest BCUT2D eigenvalue weighted by Gasteiger charge is 2.22. The Morgan fingerprint density at radius 2 is 2.11 bits per heavy atom. The molecule has 0 radical (unpaired) electrons. The molecule has 104 valence electrons. The van der Waals surface area contributed by atoms with Gasteiger partial charge in [-0.05, 0) is 36.5 Å². The Bertz CT molecular complexity index is 433. The second kappa shape index (κ2) is 6.68. The quantitative estimate of drug-likeness (QED) is 0.760. The van der Waals surface area contributed by atoms with Gasteiger partial charge >= 0.3 is 5.97 Å². The smallest absolute Gasteiger partial charge is 0.335 e. The van der Waals surface area contributed by atoms with Crippen molar-refractivity contribution in [3.8, 4) is 0 Å². The lowest BCUT2D eigenvalue weighted by Gasteiger charge is -2.27. The first kappa shape index (κ1) is 14.0. The van der Waals surface area contributed by atoms with E-state index in [4.69, 9.17) is 5.11 Å². The summed E-state index contributed by atoms with van der Waals surface area (Å²) in [5.41, 5.74) is 1.28. The molecule has 0 aromatic heterocycles. The molecule has 19 heavy (non-hydrogen) atoms. The average Bonchev–Trinajstić information content (AvgIpc) is 2.41. The molecule has 1 aromatic carbocycles. The van der Waals surface area contributed by atoms with Crippen molar-refractivity contribution >= 4 is 5.97 Å². The number of carboxylic acids is 1. The van der Waals surface area contributed by atoms with Crippen LogP contribution in [-0.2, 0) is 6.54 Å². The average molecular weight is 263 g/mol. The van der Waals surface area contributed by atoms with Crippen molar-refractivity contribution < 1.29 is 15.0 Å². The molecule has 2 rings (SSSR count). The van der Waals surface area contributed by atoms with Gasteiger partial charge in [0.2, 0.25) is 0 Å². The predicted molar refractivity (Wildman–Crippen MR) is 73.1 cm³/mol. The fourth-order valence-corrected chi connectivity index (χ4v) is 2.64. The van der Waals surface area contributed by atoms with Gasteiger partial charge in [0, 0.05) is 13.1 Å². The molecule has 4 nitrogen and oxygen atoms in total. The second-order valence-corrected chi connectivity index (χ2v) is 5.25. The van der Waals surface area contributed by atoms with E-state index in [9.17, 15) is 9.90 Å². The van der Waals surface area contributed by atoms with Gasteiger partial charge in [-0.1, -0.05) is 25.0 Å². The first-order valence-electron chi connectivity index (χ1n) is 6.88. The van der Waals surface area contributed by atoms with Gasteiger partial charge in [-0.2, -0.15) is 0 Å². The highest BCUT2D eigenvalue weighted by Crippen LogP contribution is 2.23. The summed E-state index contributed by atoms with van der Waals surface area (Å²) in [4.78, 5) is 10.9. The molecule has 1 saturated carbocycles. The standard InChI is InChI=1S/C15H21NO3/c17-14-7-2-1-5-13(14)10-16-9-11-4-3-6-12(8-11)15(18)19/h3-4,6,8,13-14,16-17H,1-2,5,7,9-10H2,(H,18,19). The Morgan fingerprint density at radius 1 is 1.32 bits per heavy atom. The summed E-state index contributed by atoms with van der Waals surface area (Å²) >= 11 is 0. The van der Waals surface area contributed by atoms with Gasteiger partial charge in [0.15, 0.2) is 0 Å². The zero-order valence-electron chi connectivity index (χ0n) is 11.0. The topological polar surface area (TPSA) is 69.6 Å². The van der Waals surface area contributed by atoms with Crippen molar-refractivity contribution in [1.29, 1.82) is 0 Å². The van der Waals surface area contributed by atoms with Crippen molar-refractivity contribution in [3.05, 3.63) is 35.4 Å². The van der Waals surface area contributed by atoms with Gasteiger partial charge in [0.25, 0.3) is 0 Å². The lowest BCUT2D eigenvalue weighted by atomic mass is 9.86. The molecular weight excluding hydrogens is 242 g/mol. The summed E-state index contributed by atoms with van der Waals surface area (Å²) in [5.74, 6) is -0.569. The van der Waals surface area contributed by atoms with Crippen molar-refractivity contribution in [2.45, 2.75) is 38.3 Å². The van der Waals surface area contributed by atoms with Crippen LogP contribution in [0.15, 0.2) is 24.3 Å². The van der Waals surface area contributed by atoms with Crippen LogP contribution in [0.3, 0.4) is 0 Å². The Kier molecular flexibility index (Phi) is 4.93. The number of aliphatic hydroxyl groups excluding tert-OH is 1. The number of aliphatic hydroxyl groups is 1. The zero-order chi connectivity index (χ0) is 13.7. The molecule has 4 heteroatoms. The summed E-state index contributed by atoms with van der Waals surface area (Å²) in [5, 5.41) is 22.1. The second-order valence-electron chi connectivity index (χ2n) is 5.25. The van der Waals surface area contributed by atoms with Crippen molar-refractivity contribution in [3.63, 3.8) is 0 Å². The fourth-order valence-electron chi connectivity index (χ4n) is 2.64. The van der Waals surface area contributed by atoms with Crippen LogP contribution in [0.2, 0.25) is 0 Å². The number of aromatic carboxylic acids is 1. The van der Waals surface area contributed by atoms with E-state index in [1.165, 1.54) is 6.42 Å². The maximum Gasteiger partial charge on any atom is 0.335 e. The van der Waals surface area contributed by atoms with Gasteiger partial charge in [0.1, 0.15) is 0 Å². The number of rotatable bonds is 5. The Morgan fingerprint density at radius 3 is 2.84 bits per heavy atom. The van der Waals surface area contributed by atoms with Gasteiger partial charge < -0.3 is 15.5 Å². The third-order valence-electron chi connectivity index (χ3n) is 3.78. The minimum Gasteiger partial charge on any atom is -0.478 e. The monoisotopic (exact) mass is 263 g/mol. The molecule has 2 unspecified atom stereocenters. The number of carbonyl (C=O) groups is 1. The molecule has 1 aromatic rings. The first-order valence-corrected chi connectivity index (χ1v) is 6.88. The highest BCUT2D eigenvalue weighted by molar-refractivity contribution is 5.87. The summed E-state index contributed by atoms with van der Waals surface area (Å²) in [7, 11) is 0. The van der Waals surface area contributed by atoms with Crippen LogP contribution in [0.4, 0.5) is 0 Å². The number of benzene rings is 1. The molecule has 1 fully saturated rings. The third kappa shape index (κ3) is 4.04. The normalized spacial score (nSPS) is 23.2. The Hall–Kier alpha value is -1.39. The maximum absolute atomic E-state index is 10.9. The summed E-state index contributed by atoms with van der Waals surface area (Å²) in [6.45, 7) is 1.43. The first-order chi connectivity index (χ1) is 9.16. The number of nitrogens with one attached hydrogen (secondary N) is 1. The molecule has 0 bridgehead atoms. The van der Waals surface area contributed by atoms with E-state index in [0.29, 0.717) is 18.0 Å². The number of hydrogen-bond acceptors (Lipinski definition) is 3. The fraction of sp³-hybridized carbons (Fsp3) is 0.533. The summed E-state index contributed by atoms with van der Waals surface area (Å²) in [6.07, 6.45) is 4.10. The lowest BCUT2D eigenvalue weighted by Crippen LogP contribution is -2.33. The van der Waals surface area contributed by atoms with E-state index in [-0.39, 0.29) is 6.10 Å². The Balaban J connectivity index is 1.82. The Labute approximate surface area is 113 Å². The molecule has 0 heterocycles. The van der Waals surface area contributed by atoms with Gasteiger partial charge in [0.05, 0.1) is 11.7 Å². The van der Waals surface area contributed by atoms with E-state index < -0.39 is 5.97 Å². The third-order valence-corrected chi connectivity index (χ3v) is 3.78. The van der Waals surface area contributed by atoms with Crippen LogP contribution < -0.4 is 5.32 Å². The molecule has 0 amide bonds. The predicted octanol–water partition coefficient (Wildman–Crippen LogP) is 2.03. The minimum absolute atomic E-state index is 0.188. The van der Waals surface area contributed by atoms with Crippen LogP contribution in [-0.4, -0.2) is 28.8 Å². The zero-order valence-corrected chi connectivity index (χ0v) is 11.0. The van der Waals surface area contributed by atoms with E-state index in [2.05, 4.69) is 5.32 Å². The van der Waals surface area contributed by atoms with E-state index in [1.54, 1.807) is 18.2 Å². The molecule has 0 spiro atoms. The minimum atomic E-state index is -0.899. The van der Waals surface area contributed by atoms with Gasteiger partial charge in [-0.3, -0.25) is 0 Å². The van der Waals surface area contributed by atoms with Gasteiger partial charge in [-0.25, -0.2) is 4.79 Å². The van der Waals surface area contributed by atoms with Gasteiger partial charge in [-0.15, -0.1) is 0 Å². The molecule has 1 aliphatic rings. The van der Waals surface area contributed by atoms with Crippen molar-refractivity contribution in [2.24, 2.45) is 5.92 Å². The van der Waals surface area contributed by atoms with Crippen LogP contribution >= 0.6 is 0 Å². The molecule has 1 aliphatic carbocycles. The van der Waals surface area contributed by atoms with Crippen LogP contribution in [0, 0.1) is 5.92 Å². The highest BCUT2D eigenvalue weighted by atomic mass is 16.4. The van der Waals surface area contributed by atoms with E-state index in [1.807, 2.05) is 6.07 Å². The van der Waals surface area contributed by atoms with Crippen LogP contribution in [0.1, 0.15) is 41.6 Å². The van der Waals surface area contributed by atoms with E-state index in [0.717, 1.165) is 31.4 Å². The summed E-state index contributed by atoms with van der Waals surface area (Å²) in [6, 6.07) is 6.95. The van der Waals surface area contributed by atoms with Crippen LogP contribution in [0.5, 0.6) is 0 Å². The maximum atomic E-state index is 10.9. The molecule has 0 aliphatic heterocycles. The van der Waals surface area contributed by atoms with Crippen molar-refractivity contribution in [2.75, 3.05) is 6.54 Å². The lowest BCUT2D eigenvalue weighted by molar-refractivity contribution is 0.0693.